The van der Waals surface area contributed by atoms with Crippen molar-refractivity contribution in [2.75, 3.05) is 31.5 Å². The molecule has 19 heavy (non-hydrogen) atoms. The molecule has 2 aromatic rings. The first-order chi connectivity index (χ1) is 9.24. The van der Waals surface area contributed by atoms with Crippen molar-refractivity contribution in [2.45, 2.75) is 13.8 Å². The molecule has 0 saturated heterocycles. The van der Waals surface area contributed by atoms with Gasteiger partial charge < -0.3 is 10.2 Å². The van der Waals surface area contributed by atoms with E-state index in [1.165, 1.54) is 18.5 Å². The SMILES string of the molecule is CC[NH+](CC)CCNc1cc[nH+]c2cc(Cl)ccc12. The van der Waals surface area contributed by atoms with Gasteiger partial charge in [0.2, 0.25) is 5.52 Å². The maximum atomic E-state index is 6.01. The number of rotatable bonds is 6. The molecule has 0 aliphatic carbocycles. The molecule has 4 heteroatoms. The maximum Gasteiger partial charge on any atom is 0.214 e. The zero-order valence-electron chi connectivity index (χ0n) is 11.6. The molecule has 0 bridgehead atoms. The summed E-state index contributed by atoms with van der Waals surface area (Å²) in [5.74, 6) is 0. The number of H-pyrrole nitrogens is 1. The Kier molecular flexibility index (Phi) is 5.00. The van der Waals surface area contributed by atoms with Crippen LogP contribution in [0, 0.1) is 0 Å². The second-order valence-corrected chi connectivity index (χ2v) is 5.15. The Morgan fingerprint density at radius 1 is 1.21 bits per heavy atom. The first-order valence-corrected chi connectivity index (χ1v) is 7.29. The van der Waals surface area contributed by atoms with Gasteiger partial charge in [-0.1, -0.05) is 11.6 Å². The molecule has 0 amide bonds. The third kappa shape index (κ3) is 3.58. The zero-order valence-corrected chi connectivity index (χ0v) is 12.3. The molecule has 0 aliphatic rings. The lowest BCUT2D eigenvalue weighted by Crippen LogP contribution is -3.12. The summed E-state index contributed by atoms with van der Waals surface area (Å²) in [5, 5.41) is 5.46. The molecule has 3 N–H and O–H groups in total. The summed E-state index contributed by atoms with van der Waals surface area (Å²) in [6, 6.07) is 8.02. The van der Waals surface area contributed by atoms with E-state index in [9.17, 15) is 0 Å². The van der Waals surface area contributed by atoms with Crippen LogP contribution in [-0.4, -0.2) is 26.2 Å². The minimum Gasteiger partial charge on any atom is -0.379 e. The van der Waals surface area contributed by atoms with Crippen LogP contribution < -0.4 is 15.2 Å². The molecule has 0 atom stereocenters. The zero-order chi connectivity index (χ0) is 13.7. The van der Waals surface area contributed by atoms with Gasteiger partial charge in [0, 0.05) is 17.2 Å². The lowest BCUT2D eigenvalue weighted by atomic mass is 10.2. The summed E-state index contributed by atoms with van der Waals surface area (Å²) in [6.45, 7) is 8.94. The van der Waals surface area contributed by atoms with Gasteiger partial charge in [0.1, 0.15) is 0 Å². The van der Waals surface area contributed by atoms with Crippen LogP contribution in [0.15, 0.2) is 30.5 Å². The average molecular weight is 280 g/mol. The van der Waals surface area contributed by atoms with Gasteiger partial charge >= 0.3 is 0 Å². The van der Waals surface area contributed by atoms with Crippen LogP contribution in [-0.2, 0) is 0 Å². The Balaban J connectivity index is 2.08. The van der Waals surface area contributed by atoms with Crippen LogP contribution in [0.2, 0.25) is 5.02 Å². The van der Waals surface area contributed by atoms with Crippen molar-refractivity contribution in [1.29, 1.82) is 0 Å². The van der Waals surface area contributed by atoms with E-state index in [0.717, 1.165) is 29.3 Å². The normalized spacial score (nSPS) is 11.2. The molecule has 0 spiro atoms. The Bertz CT molecular complexity index is 538. The molecular formula is C15H22ClN3+2. The first kappa shape index (κ1) is 14.1. The fraction of sp³-hybridized carbons (Fsp3) is 0.400. The summed E-state index contributed by atoms with van der Waals surface area (Å²) < 4.78 is 0. The third-order valence-electron chi connectivity index (χ3n) is 3.55. The topological polar surface area (TPSA) is 30.6 Å². The van der Waals surface area contributed by atoms with Crippen LogP contribution in [0.4, 0.5) is 5.69 Å². The number of fused-ring (bicyclic) bond motifs is 1. The van der Waals surface area contributed by atoms with Gasteiger partial charge in [-0.15, -0.1) is 0 Å². The molecule has 0 aliphatic heterocycles. The molecular weight excluding hydrogens is 258 g/mol. The molecule has 0 radical (unpaired) electrons. The minimum atomic E-state index is 0.758. The highest BCUT2D eigenvalue weighted by atomic mass is 35.5. The number of anilines is 1. The minimum absolute atomic E-state index is 0.758. The van der Waals surface area contributed by atoms with Crippen LogP contribution in [0.1, 0.15) is 13.8 Å². The number of hydrogen-bond donors (Lipinski definition) is 2. The van der Waals surface area contributed by atoms with E-state index < -0.39 is 0 Å². The van der Waals surface area contributed by atoms with Gasteiger partial charge in [-0.25, -0.2) is 4.98 Å². The average Bonchev–Trinajstić information content (AvgIpc) is 2.43. The van der Waals surface area contributed by atoms with Crippen molar-refractivity contribution in [1.82, 2.24) is 0 Å². The summed E-state index contributed by atoms with van der Waals surface area (Å²) in [4.78, 5) is 4.84. The highest BCUT2D eigenvalue weighted by Crippen LogP contribution is 2.22. The molecule has 0 unspecified atom stereocenters. The number of benzene rings is 1. The largest absolute Gasteiger partial charge is 0.379 e. The van der Waals surface area contributed by atoms with Gasteiger partial charge in [0.15, 0.2) is 6.20 Å². The number of hydrogen-bond acceptors (Lipinski definition) is 1. The van der Waals surface area contributed by atoms with Gasteiger partial charge in [-0.05, 0) is 26.0 Å². The number of aromatic amines is 1. The van der Waals surface area contributed by atoms with Gasteiger partial charge in [0.05, 0.1) is 37.3 Å². The Labute approximate surface area is 119 Å². The highest BCUT2D eigenvalue weighted by molar-refractivity contribution is 6.31. The van der Waals surface area contributed by atoms with Gasteiger partial charge in [0.25, 0.3) is 0 Å². The van der Waals surface area contributed by atoms with E-state index >= 15 is 0 Å². The Morgan fingerprint density at radius 3 is 2.74 bits per heavy atom. The maximum absolute atomic E-state index is 6.01. The first-order valence-electron chi connectivity index (χ1n) is 6.92. The monoisotopic (exact) mass is 279 g/mol. The molecule has 1 aromatic heterocycles. The van der Waals surface area contributed by atoms with Gasteiger partial charge in [-0.2, -0.15) is 0 Å². The summed E-state index contributed by atoms with van der Waals surface area (Å²) in [6.07, 6.45) is 1.95. The molecule has 1 heterocycles. The van der Waals surface area contributed by atoms with Crippen molar-refractivity contribution in [3.63, 3.8) is 0 Å². The van der Waals surface area contributed by atoms with Crippen molar-refractivity contribution in [2.24, 2.45) is 0 Å². The lowest BCUT2D eigenvalue weighted by molar-refractivity contribution is -0.894. The second-order valence-electron chi connectivity index (χ2n) is 4.72. The van der Waals surface area contributed by atoms with Crippen LogP contribution in [0.25, 0.3) is 10.9 Å². The standard InChI is InChI=1S/C15H20ClN3/c1-3-19(4-2)10-9-18-14-7-8-17-15-11-12(16)5-6-13(14)15/h5-8,11H,3-4,9-10H2,1-2H3,(H,17,18)/p+2. The van der Waals surface area contributed by atoms with Crippen molar-refractivity contribution < 1.29 is 9.88 Å². The molecule has 0 saturated carbocycles. The molecule has 0 fully saturated rings. The van der Waals surface area contributed by atoms with E-state index in [4.69, 9.17) is 11.6 Å². The van der Waals surface area contributed by atoms with E-state index in [0.29, 0.717) is 0 Å². The van der Waals surface area contributed by atoms with E-state index in [-0.39, 0.29) is 0 Å². The van der Waals surface area contributed by atoms with E-state index in [1.54, 1.807) is 4.90 Å². The van der Waals surface area contributed by atoms with Crippen LogP contribution >= 0.6 is 11.6 Å². The predicted molar refractivity (Wildman–Crippen MR) is 80.9 cm³/mol. The Morgan fingerprint density at radius 2 is 2.00 bits per heavy atom. The summed E-state index contributed by atoms with van der Waals surface area (Å²) in [7, 11) is 0. The summed E-state index contributed by atoms with van der Waals surface area (Å²) >= 11 is 6.01. The molecule has 102 valence electrons. The van der Waals surface area contributed by atoms with E-state index in [2.05, 4.69) is 36.3 Å². The smallest absolute Gasteiger partial charge is 0.214 e. The number of quaternary nitrogens is 1. The second kappa shape index (κ2) is 6.73. The lowest BCUT2D eigenvalue weighted by Gasteiger charge is -2.16. The summed E-state index contributed by atoms with van der Waals surface area (Å²) in [5.41, 5.74) is 2.23. The number of pyridine rings is 1. The molecule has 1 aromatic carbocycles. The fourth-order valence-corrected chi connectivity index (χ4v) is 2.48. The number of aromatic nitrogens is 1. The van der Waals surface area contributed by atoms with Crippen molar-refractivity contribution in [3.05, 3.63) is 35.5 Å². The van der Waals surface area contributed by atoms with Crippen molar-refractivity contribution in [3.8, 4) is 0 Å². The predicted octanol–water partition coefficient (Wildman–Crippen LogP) is 1.64. The Hall–Kier alpha value is -1.32. The third-order valence-corrected chi connectivity index (χ3v) is 3.79. The van der Waals surface area contributed by atoms with Crippen LogP contribution in [0.3, 0.4) is 0 Å². The number of halogens is 1. The van der Waals surface area contributed by atoms with E-state index in [1.807, 2.05) is 18.3 Å². The molecule has 3 nitrogen and oxygen atoms in total. The number of likely N-dealkylation sites (N-methyl/N-ethyl adjacent to an activating group) is 1. The van der Waals surface area contributed by atoms with Crippen LogP contribution in [0.5, 0.6) is 0 Å². The highest BCUT2D eigenvalue weighted by Gasteiger charge is 2.07. The van der Waals surface area contributed by atoms with Crippen molar-refractivity contribution >= 4 is 28.2 Å². The molecule has 2 rings (SSSR count). The van der Waals surface area contributed by atoms with Gasteiger partial charge in [-0.3, -0.25) is 0 Å². The quantitative estimate of drug-likeness (QED) is 0.828. The number of nitrogens with one attached hydrogen (secondary N) is 3. The fourth-order valence-electron chi connectivity index (χ4n) is 2.31.